The van der Waals surface area contributed by atoms with Crippen molar-refractivity contribution in [1.82, 2.24) is 0 Å². The summed E-state index contributed by atoms with van der Waals surface area (Å²) in [7, 11) is 1.78. The average molecular weight is 262 g/mol. The van der Waals surface area contributed by atoms with Crippen LogP contribution in [0.2, 0.25) is 9.36 Å². The van der Waals surface area contributed by atoms with Crippen LogP contribution in [0.25, 0.3) is 0 Å². The van der Waals surface area contributed by atoms with Gasteiger partial charge in [0.15, 0.2) is 0 Å². The SMILES string of the molecule is COC.NS(=O)c1cc(Cl)c(Cl)s1. The molecule has 1 heterocycles. The summed E-state index contributed by atoms with van der Waals surface area (Å²) in [4.78, 5) is 0. The maximum atomic E-state index is 10.6. The molecule has 1 rings (SSSR count). The van der Waals surface area contributed by atoms with E-state index in [0.717, 1.165) is 11.3 Å². The van der Waals surface area contributed by atoms with Gasteiger partial charge in [0.25, 0.3) is 0 Å². The van der Waals surface area contributed by atoms with Gasteiger partial charge in [-0.1, -0.05) is 23.2 Å². The third-order valence-corrected chi connectivity index (χ3v) is 3.74. The van der Waals surface area contributed by atoms with Crippen LogP contribution in [0.15, 0.2) is 10.3 Å². The molecule has 0 aromatic carbocycles. The molecular formula is C6H9Cl2NO2S2. The van der Waals surface area contributed by atoms with Gasteiger partial charge in [0.2, 0.25) is 0 Å². The van der Waals surface area contributed by atoms with Gasteiger partial charge in [0.1, 0.15) is 19.5 Å². The monoisotopic (exact) mass is 261 g/mol. The molecule has 0 radical (unpaired) electrons. The molecule has 0 aliphatic heterocycles. The van der Waals surface area contributed by atoms with E-state index in [0.29, 0.717) is 13.6 Å². The minimum Gasteiger partial charge on any atom is -0.388 e. The Morgan fingerprint density at radius 3 is 2.15 bits per heavy atom. The van der Waals surface area contributed by atoms with Crippen molar-refractivity contribution < 1.29 is 8.95 Å². The van der Waals surface area contributed by atoms with E-state index in [-0.39, 0.29) is 0 Å². The summed E-state index contributed by atoms with van der Waals surface area (Å²) in [5.74, 6) is 0. The zero-order valence-corrected chi connectivity index (χ0v) is 10.2. The van der Waals surface area contributed by atoms with E-state index in [4.69, 9.17) is 28.3 Å². The molecule has 2 N–H and O–H groups in total. The highest BCUT2D eigenvalue weighted by molar-refractivity contribution is 7.85. The van der Waals surface area contributed by atoms with Crippen molar-refractivity contribution in [1.29, 1.82) is 0 Å². The normalized spacial score (nSPS) is 11.8. The minimum atomic E-state index is -1.47. The minimum absolute atomic E-state index is 0.403. The highest BCUT2D eigenvalue weighted by atomic mass is 35.5. The summed E-state index contributed by atoms with van der Waals surface area (Å²) >= 11 is 12.3. The van der Waals surface area contributed by atoms with Gasteiger partial charge in [0.05, 0.1) is 5.02 Å². The number of thiophene rings is 1. The van der Waals surface area contributed by atoms with Gasteiger partial charge in [-0.3, -0.25) is 0 Å². The third-order valence-electron chi connectivity index (χ3n) is 0.821. The Kier molecular flexibility index (Phi) is 6.93. The quantitative estimate of drug-likeness (QED) is 0.844. The second kappa shape index (κ2) is 6.75. The molecule has 7 heteroatoms. The van der Waals surface area contributed by atoms with Gasteiger partial charge in [0, 0.05) is 14.2 Å². The first-order chi connectivity index (χ1) is 6.02. The fraction of sp³-hybridized carbons (Fsp3) is 0.333. The van der Waals surface area contributed by atoms with Crippen LogP contribution in [0.5, 0.6) is 0 Å². The molecule has 0 saturated carbocycles. The van der Waals surface area contributed by atoms with Crippen LogP contribution >= 0.6 is 34.5 Å². The van der Waals surface area contributed by atoms with E-state index in [1.54, 1.807) is 14.2 Å². The second-order valence-corrected chi connectivity index (χ2v) is 5.25. The first-order valence-corrected chi connectivity index (χ1v) is 5.82. The Morgan fingerprint density at radius 2 is 2.00 bits per heavy atom. The molecule has 0 saturated heterocycles. The molecule has 3 nitrogen and oxygen atoms in total. The zero-order chi connectivity index (χ0) is 10.4. The molecule has 1 unspecified atom stereocenters. The fourth-order valence-electron chi connectivity index (χ4n) is 0.426. The van der Waals surface area contributed by atoms with E-state index in [9.17, 15) is 4.21 Å². The van der Waals surface area contributed by atoms with Gasteiger partial charge in [-0.2, -0.15) is 0 Å². The van der Waals surface area contributed by atoms with Gasteiger partial charge in [-0.05, 0) is 6.07 Å². The molecule has 0 aliphatic carbocycles. The molecule has 76 valence electrons. The van der Waals surface area contributed by atoms with E-state index < -0.39 is 11.0 Å². The molecule has 0 fully saturated rings. The van der Waals surface area contributed by atoms with E-state index in [1.807, 2.05) is 0 Å². The highest BCUT2D eigenvalue weighted by Crippen LogP contribution is 2.32. The van der Waals surface area contributed by atoms with Crippen LogP contribution in [0.4, 0.5) is 0 Å². The number of hydrogen-bond donors (Lipinski definition) is 1. The predicted molar refractivity (Wildman–Crippen MR) is 57.9 cm³/mol. The Balaban J connectivity index is 0.000000424. The smallest absolute Gasteiger partial charge is 0.132 e. The summed E-state index contributed by atoms with van der Waals surface area (Å²) in [5.41, 5.74) is 0. The topological polar surface area (TPSA) is 52.3 Å². The van der Waals surface area contributed by atoms with E-state index >= 15 is 0 Å². The summed E-state index contributed by atoms with van der Waals surface area (Å²) in [6.45, 7) is 0. The van der Waals surface area contributed by atoms with Crippen LogP contribution in [0, 0.1) is 0 Å². The van der Waals surface area contributed by atoms with Crippen molar-refractivity contribution in [2.75, 3.05) is 14.2 Å². The highest BCUT2D eigenvalue weighted by Gasteiger charge is 2.06. The van der Waals surface area contributed by atoms with Crippen molar-refractivity contribution in [3.05, 3.63) is 15.4 Å². The van der Waals surface area contributed by atoms with E-state index in [1.165, 1.54) is 6.07 Å². The Morgan fingerprint density at radius 1 is 1.54 bits per heavy atom. The van der Waals surface area contributed by atoms with Crippen molar-refractivity contribution in [2.45, 2.75) is 4.21 Å². The average Bonchev–Trinajstić information content (AvgIpc) is 2.34. The molecule has 0 spiro atoms. The van der Waals surface area contributed by atoms with Crippen LogP contribution in [-0.2, 0) is 15.7 Å². The Labute approximate surface area is 93.4 Å². The number of halogens is 2. The largest absolute Gasteiger partial charge is 0.388 e. The lowest BCUT2D eigenvalue weighted by molar-refractivity contribution is 0.277. The third kappa shape index (κ3) is 4.95. The molecule has 0 bridgehead atoms. The van der Waals surface area contributed by atoms with Gasteiger partial charge in [-0.25, -0.2) is 9.35 Å². The number of ether oxygens (including phenoxy) is 1. The van der Waals surface area contributed by atoms with Gasteiger partial charge in [-0.15, -0.1) is 11.3 Å². The lowest BCUT2D eigenvalue weighted by Crippen LogP contribution is -1.99. The van der Waals surface area contributed by atoms with Crippen LogP contribution < -0.4 is 5.14 Å². The first-order valence-electron chi connectivity index (χ1n) is 3.04. The van der Waals surface area contributed by atoms with Crippen LogP contribution in [-0.4, -0.2) is 18.4 Å². The zero-order valence-electron chi connectivity index (χ0n) is 7.04. The van der Waals surface area contributed by atoms with Crippen molar-refractivity contribution in [3.8, 4) is 0 Å². The maximum Gasteiger partial charge on any atom is 0.132 e. The molecular weight excluding hydrogens is 253 g/mol. The van der Waals surface area contributed by atoms with Crippen LogP contribution in [0.1, 0.15) is 0 Å². The van der Waals surface area contributed by atoms with E-state index in [2.05, 4.69) is 4.74 Å². The maximum absolute atomic E-state index is 10.6. The molecule has 0 aliphatic rings. The molecule has 1 atom stereocenters. The summed E-state index contributed by atoms with van der Waals surface area (Å²) < 4.78 is 15.8. The van der Waals surface area contributed by atoms with Crippen molar-refractivity contribution >= 4 is 45.5 Å². The number of nitrogens with two attached hydrogens (primary N) is 1. The van der Waals surface area contributed by atoms with Crippen LogP contribution in [0.3, 0.4) is 0 Å². The summed E-state index contributed by atoms with van der Waals surface area (Å²) in [5, 5.41) is 5.46. The Bertz CT molecular complexity index is 271. The number of methoxy groups -OCH3 is 1. The number of rotatable bonds is 1. The number of hydrogen-bond acceptors (Lipinski definition) is 3. The lowest BCUT2D eigenvalue weighted by atomic mass is 10.7. The molecule has 13 heavy (non-hydrogen) atoms. The molecule has 1 aromatic heterocycles. The summed E-state index contributed by atoms with van der Waals surface area (Å²) in [6, 6.07) is 1.50. The standard InChI is InChI=1S/C4H3Cl2NOS2.C2H6O/c5-2-1-3(10(7)8)9-4(2)6;1-3-2/h1H,7H2;1-2H3. The molecule has 0 amide bonds. The molecule has 1 aromatic rings. The van der Waals surface area contributed by atoms with Gasteiger partial charge < -0.3 is 4.74 Å². The Hall–Kier alpha value is 0.350. The fourth-order valence-corrected chi connectivity index (χ4v) is 2.54. The van der Waals surface area contributed by atoms with Crippen molar-refractivity contribution in [2.24, 2.45) is 5.14 Å². The van der Waals surface area contributed by atoms with Gasteiger partial charge >= 0.3 is 0 Å². The lowest BCUT2D eigenvalue weighted by Gasteiger charge is -1.82. The predicted octanol–water partition coefficient (Wildman–Crippen LogP) is 2.30. The second-order valence-electron chi connectivity index (χ2n) is 1.89. The van der Waals surface area contributed by atoms with Crippen molar-refractivity contribution in [3.63, 3.8) is 0 Å². The summed E-state index contributed by atoms with van der Waals surface area (Å²) in [6.07, 6.45) is 0. The first kappa shape index (κ1) is 13.4.